The van der Waals surface area contributed by atoms with Crippen LogP contribution in [0.3, 0.4) is 0 Å². The first-order valence-corrected chi connectivity index (χ1v) is 7.69. The molecule has 3 nitrogen and oxygen atoms in total. The molecule has 0 fully saturated rings. The third kappa shape index (κ3) is 3.37. The van der Waals surface area contributed by atoms with Gasteiger partial charge in [-0.2, -0.15) is 5.26 Å². The summed E-state index contributed by atoms with van der Waals surface area (Å²) in [6.07, 6.45) is 0. The molecule has 0 saturated carbocycles. The fourth-order valence-corrected chi connectivity index (χ4v) is 3.06. The maximum absolute atomic E-state index is 9.36. The van der Waals surface area contributed by atoms with Gasteiger partial charge in [0.25, 0.3) is 0 Å². The van der Waals surface area contributed by atoms with Gasteiger partial charge in [0.05, 0.1) is 12.7 Å². The molecule has 0 aliphatic heterocycles. The summed E-state index contributed by atoms with van der Waals surface area (Å²) in [5.74, 6) is 1.63. The highest BCUT2D eigenvalue weighted by Crippen LogP contribution is 2.29. The Morgan fingerprint density at radius 1 is 1.14 bits per heavy atom. The lowest BCUT2D eigenvalue weighted by molar-refractivity contribution is 0.414. The maximum atomic E-state index is 9.36. The minimum absolute atomic E-state index is 0.691. The highest BCUT2D eigenvalue weighted by molar-refractivity contribution is 7.98. The predicted molar refractivity (Wildman–Crippen MR) is 85.7 cm³/mol. The van der Waals surface area contributed by atoms with Gasteiger partial charge < -0.3 is 4.74 Å². The summed E-state index contributed by atoms with van der Waals surface area (Å²) in [7, 11) is 1.66. The first-order chi connectivity index (χ1) is 10.1. The number of nitrogens with zero attached hydrogens (tertiary/aromatic N) is 2. The van der Waals surface area contributed by atoms with E-state index in [-0.39, 0.29) is 0 Å². The Hall–Kier alpha value is -1.99. The summed E-state index contributed by atoms with van der Waals surface area (Å²) < 4.78 is 5.15. The molecule has 1 aromatic heterocycles. The predicted octanol–water partition coefficient (Wildman–Crippen LogP) is 4.18. The van der Waals surface area contributed by atoms with E-state index in [0.717, 1.165) is 33.3 Å². The van der Waals surface area contributed by atoms with Crippen LogP contribution < -0.4 is 4.74 Å². The minimum atomic E-state index is 0.691. The van der Waals surface area contributed by atoms with Crippen LogP contribution >= 0.6 is 11.8 Å². The van der Waals surface area contributed by atoms with Crippen LogP contribution in [0.1, 0.15) is 27.9 Å². The normalized spacial score (nSPS) is 10.2. The van der Waals surface area contributed by atoms with E-state index in [4.69, 9.17) is 4.74 Å². The fraction of sp³-hybridized carbons (Fsp3) is 0.294. The van der Waals surface area contributed by atoms with E-state index < -0.39 is 0 Å². The van der Waals surface area contributed by atoms with Gasteiger partial charge in [-0.25, -0.2) is 4.98 Å². The molecule has 2 rings (SSSR count). The van der Waals surface area contributed by atoms with Crippen molar-refractivity contribution in [1.29, 1.82) is 5.26 Å². The van der Waals surface area contributed by atoms with E-state index in [1.54, 1.807) is 18.9 Å². The summed E-state index contributed by atoms with van der Waals surface area (Å²) >= 11 is 1.60. The highest BCUT2D eigenvalue weighted by Gasteiger charge is 2.12. The van der Waals surface area contributed by atoms with Gasteiger partial charge >= 0.3 is 0 Å². The molecular weight excluding hydrogens is 280 g/mol. The number of nitriles is 1. The van der Waals surface area contributed by atoms with E-state index >= 15 is 0 Å². The first kappa shape index (κ1) is 15.4. The molecule has 0 N–H and O–H groups in total. The second-order valence-electron chi connectivity index (χ2n) is 4.88. The van der Waals surface area contributed by atoms with E-state index in [0.29, 0.717) is 5.56 Å². The third-order valence-electron chi connectivity index (χ3n) is 3.61. The van der Waals surface area contributed by atoms with Crippen LogP contribution in [0.15, 0.2) is 29.3 Å². The molecule has 0 atom stereocenters. The summed E-state index contributed by atoms with van der Waals surface area (Å²) in [5.41, 5.74) is 4.99. The first-order valence-electron chi connectivity index (χ1n) is 6.70. The molecule has 4 heteroatoms. The molecule has 108 valence electrons. The molecule has 0 bridgehead atoms. The second kappa shape index (κ2) is 6.64. The standard InChI is InChI=1S/C17H18N2OS/c1-11-12(2)16(9-18)17(19-13(11)3)21-10-14-5-7-15(20-4)8-6-14/h5-8H,10H2,1-4H3. The largest absolute Gasteiger partial charge is 0.497 e. The number of ether oxygens (including phenoxy) is 1. The zero-order chi connectivity index (χ0) is 15.4. The van der Waals surface area contributed by atoms with E-state index in [2.05, 4.69) is 11.1 Å². The maximum Gasteiger partial charge on any atom is 0.118 e. The van der Waals surface area contributed by atoms with Crippen molar-refractivity contribution in [1.82, 2.24) is 4.98 Å². The molecule has 0 saturated heterocycles. The van der Waals surface area contributed by atoms with Crippen LogP contribution in [0.4, 0.5) is 0 Å². The van der Waals surface area contributed by atoms with Crippen molar-refractivity contribution in [3.63, 3.8) is 0 Å². The number of hydrogen-bond acceptors (Lipinski definition) is 4. The number of hydrogen-bond donors (Lipinski definition) is 0. The van der Waals surface area contributed by atoms with E-state index in [1.807, 2.05) is 45.0 Å². The Kier molecular flexibility index (Phi) is 4.87. The van der Waals surface area contributed by atoms with Gasteiger partial charge in [0.15, 0.2) is 0 Å². The molecule has 0 radical (unpaired) electrons. The average molecular weight is 298 g/mol. The number of aryl methyl sites for hydroxylation is 1. The average Bonchev–Trinajstić information content (AvgIpc) is 2.51. The fourth-order valence-electron chi connectivity index (χ4n) is 2.02. The number of aromatic nitrogens is 1. The Balaban J connectivity index is 2.21. The smallest absolute Gasteiger partial charge is 0.118 e. The second-order valence-corrected chi connectivity index (χ2v) is 5.84. The van der Waals surface area contributed by atoms with Crippen LogP contribution in [0.5, 0.6) is 5.75 Å². The number of rotatable bonds is 4. The van der Waals surface area contributed by atoms with Crippen LogP contribution in [0.2, 0.25) is 0 Å². The quantitative estimate of drug-likeness (QED) is 0.794. The lowest BCUT2D eigenvalue weighted by Gasteiger charge is -2.11. The van der Waals surface area contributed by atoms with Gasteiger partial charge in [0.1, 0.15) is 16.8 Å². The van der Waals surface area contributed by atoms with Crippen LogP contribution in [0.25, 0.3) is 0 Å². The minimum Gasteiger partial charge on any atom is -0.497 e. The molecule has 21 heavy (non-hydrogen) atoms. The number of benzene rings is 1. The zero-order valence-electron chi connectivity index (χ0n) is 12.7. The van der Waals surface area contributed by atoms with Crippen molar-refractivity contribution >= 4 is 11.8 Å². The Morgan fingerprint density at radius 3 is 2.38 bits per heavy atom. The Morgan fingerprint density at radius 2 is 1.81 bits per heavy atom. The molecular formula is C17H18N2OS. The SMILES string of the molecule is COc1ccc(CSc2nc(C)c(C)c(C)c2C#N)cc1. The summed E-state index contributed by atoms with van der Waals surface area (Å²) in [6.45, 7) is 5.98. The van der Waals surface area contributed by atoms with E-state index in [9.17, 15) is 5.26 Å². The van der Waals surface area contributed by atoms with Crippen LogP contribution in [-0.4, -0.2) is 12.1 Å². The van der Waals surface area contributed by atoms with Crippen LogP contribution in [-0.2, 0) is 5.75 Å². The molecule has 0 aliphatic carbocycles. The molecule has 1 aromatic carbocycles. The number of pyridine rings is 1. The van der Waals surface area contributed by atoms with Crippen molar-refractivity contribution in [2.75, 3.05) is 7.11 Å². The third-order valence-corrected chi connectivity index (χ3v) is 4.66. The highest BCUT2D eigenvalue weighted by atomic mass is 32.2. The summed E-state index contributed by atoms with van der Waals surface area (Å²) in [5, 5.41) is 10.2. The monoisotopic (exact) mass is 298 g/mol. The van der Waals surface area contributed by atoms with Crippen molar-refractivity contribution < 1.29 is 4.74 Å². The number of methoxy groups -OCH3 is 1. The zero-order valence-corrected chi connectivity index (χ0v) is 13.5. The Labute approximate surface area is 130 Å². The molecule has 0 aliphatic rings. The van der Waals surface area contributed by atoms with Crippen molar-refractivity contribution in [2.24, 2.45) is 0 Å². The molecule has 0 spiro atoms. The summed E-state index contributed by atoms with van der Waals surface area (Å²) in [4.78, 5) is 4.57. The topological polar surface area (TPSA) is 45.9 Å². The molecule has 0 unspecified atom stereocenters. The van der Waals surface area contributed by atoms with Gasteiger partial charge in [0.2, 0.25) is 0 Å². The van der Waals surface area contributed by atoms with E-state index in [1.165, 1.54) is 5.56 Å². The van der Waals surface area contributed by atoms with Crippen molar-refractivity contribution in [3.05, 3.63) is 52.2 Å². The van der Waals surface area contributed by atoms with Crippen molar-refractivity contribution in [3.8, 4) is 11.8 Å². The Bertz CT molecular complexity index is 687. The van der Waals surface area contributed by atoms with Gasteiger partial charge in [-0.15, -0.1) is 11.8 Å². The molecule has 0 amide bonds. The summed E-state index contributed by atoms with van der Waals surface area (Å²) in [6, 6.07) is 10.2. The van der Waals surface area contributed by atoms with Crippen molar-refractivity contribution in [2.45, 2.75) is 31.6 Å². The lowest BCUT2D eigenvalue weighted by Crippen LogP contribution is -1.99. The van der Waals surface area contributed by atoms with Gasteiger partial charge in [-0.05, 0) is 49.6 Å². The van der Waals surface area contributed by atoms with Gasteiger partial charge in [-0.1, -0.05) is 12.1 Å². The molecule has 2 aromatic rings. The van der Waals surface area contributed by atoms with Crippen LogP contribution in [0, 0.1) is 32.1 Å². The van der Waals surface area contributed by atoms with Gasteiger partial charge in [0, 0.05) is 11.4 Å². The lowest BCUT2D eigenvalue weighted by atomic mass is 10.1. The number of thioether (sulfide) groups is 1. The van der Waals surface area contributed by atoms with Gasteiger partial charge in [-0.3, -0.25) is 0 Å². The molecule has 1 heterocycles.